The lowest BCUT2D eigenvalue weighted by atomic mass is 10.2. The molecule has 56 valence electrons. The second kappa shape index (κ2) is 3.21. The lowest BCUT2D eigenvalue weighted by molar-refractivity contribution is 0.627. The maximum Gasteiger partial charge on any atom is 0.143 e. The number of rotatable bonds is 0. The first-order valence-corrected chi connectivity index (χ1v) is 3.87. The van der Waals surface area contributed by atoms with Crippen LogP contribution in [0.2, 0.25) is 5.02 Å². The van der Waals surface area contributed by atoms with E-state index in [2.05, 4.69) is 15.9 Å². The third kappa shape index (κ3) is 1.52. The summed E-state index contributed by atoms with van der Waals surface area (Å²) in [6, 6.07) is 4.39. The van der Waals surface area contributed by atoms with E-state index in [0.717, 1.165) is 6.07 Å². The molecular formula is C7H2BrClFN. The van der Waals surface area contributed by atoms with Crippen LogP contribution in [0.1, 0.15) is 5.56 Å². The molecule has 0 aromatic heterocycles. The van der Waals surface area contributed by atoms with Gasteiger partial charge in [-0.3, -0.25) is 0 Å². The molecule has 1 nitrogen and oxygen atoms in total. The third-order valence-electron chi connectivity index (χ3n) is 1.16. The van der Waals surface area contributed by atoms with E-state index in [1.54, 1.807) is 0 Å². The molecule has 0 radical (unpaired) electrons. The Morgan fingerprint density at radius 1 is 1.55 bits per heavy atom. The highest BCUT2D eigenvalue weighted by molar-refractivity contribution is 9.10. The fourth-order valence-electron chi connectivity index (χ4n) is 0.612. The Labute approximate surface area is 76.5 Å². The van der Waals surface area contributed by atoms with Gasteiger partial charge in [0.25, 0.3) is 0 Å². The van der Waals surface area contributed by atoms with E-state index in [-0.39, 0.29) is 5.02 Å². The monoisotopic (exact) mass is 233 g/mol. The predicted molar refractivity (Wildman–Crippen MR) is 43.8 cm³/mol. The lowest BCUT2D eigenvalue weighted by Gasteiger charge is -1.97. The van der Waals surface area contributed by atoms with Crippen molar-refractivity contribution in [1.82, 2.24) is 0 Å². The van der Waals surface area contributed by atoms with Crippen LogP contribution in [0.3, 0.4) is 0 Å². The van der Waals surface area contributed by atoms with Crippen LogP contribution in [0.25, 0.3) is 0 Å². The van der Waals surface area contributed by atoms with Gasteiger partial charge in [0.1, 0.15) is 11.9 Å². The van der Waals surface area contributed by atoms with Gasteiger partial charge in [0.2, 0.25) is 0 Å². The van der Waals surface area contributed by atoms with Crippen molar-refractivity contribution >= 4 is 27.5 Å². The van der Waals surface area contributed by atoms with Crippen LogP contribution in [0.4, 0.5) is 4.39 Å². The van der Waals surface area contributed by atoms with Gasteiger partial charge in [-0.25, -0.2) is 4.39 Å². The topological polar surface area (TPSA) is 23.8 Å². The Hall–Kier alpha value is -0.590. The number of hydrogen-bond donors (Lipinski definition) is 0. The largest absolute Gasteiger partial charge is 0.205 e. The summed E-state index contributed by atoms with van der Waals surface area (Å²) in [5.41, 5.74) is 0.330. The van der Waals surface area contributed by atoms with Crippen molar-refractivity contribution < 1.29 is 4.39 Å². The first-order valence-electron chi connectivity index (χ1n) is 2.70. The molecule has 0 saturated heterocycles. The summed E-state index contributed by atoms with van der Waals surface area (Å²) in [6.07, 6.45) is 0. The van der Waals surface area contributed by atoms with E-state index in [9.17, 15) is 4.39 Å². The summed E-state index contributed by atoms with van der Waals surface area (Å²) in [5, 5.41) is 8.42. The Balaban J connectivity index is 3.40. The summed E-state index contributed by atoms with van der Waals surface area (Å²) in [6.45, 7) is 0. The molecule has 0 spiro atoms. The van der Waals surface area contributed by atoms with Crippen LogP contribution in [0, 0.1) is 17.1 Å². The number of nitrogens with zero attached hydrogens (tertiary/aromatic N) is 1. The Morgan fingerprint density at radius 3 is 2.73 bits per heavy atom. The van der Waals surface area contributed by atoms with Crippen LogP contribution >= 0.6 is 27.5 Å². The zero-order valence-corrected chi connectivity index (χ0v) is 7.58. The molecule has 4 heteroatoms. The highest BCUT2D eigenvalue weighted by Crippen LogP contribution is 2.28. The molecule has 0 amide bonds. The molecule has 0 aliphatic heterocycles. The van der Waals surface area contributed by atoms with Crippen LogP contribution in [0.15, 0.2) is 16.6 Å². The van der Waals surface area contributed by atoms with Gasteiger partial charge >= 0.3 is 0 Å². The van der Waals surface area contributed by atoms with Crippen molar-refractivity contribution in [2.75, 3.05) is 0 Å². The summed E-state index contributed by atoms with van der Waals surface area (Å²) in [5.74, 6) is -0.530. The van der Waals surface area contributed by atoms with Crippen molar-refractivity contribution in [2.45, 2.75) is 0 Å². The third-order valence-corrected chi connectivity index (χ3v) is 2.58. The molecule has 1 aromatic carbocycles. The average Bonchev–Trinajstić information content (AvgIpc) is 2.01. The average molecular weight is 234 g/mol. The van der Waals surface area contributed by atoms with Crippen molar-refractivity contribution in [2.24, 2.45) is 0 Å². The van der Waals surface area contributed by atoms with E-state index < -0.39 is 5.82 Å². The molecule has 0 fully saturated rings. The SMILES string of the molecule is N#Cc1ccc(F)c(Cl)c1Br. The van der Waals surface area contributed by atoms with Crippen LogP contribution in [-0.2, 0) is 0 Å². The minimum absolute atomic E-state index is 0.0518. The van der Waals surface area contributed by atoms with Crippen LogP contribution in [0.5, 0.6) is 0 Å². The van der Waals surface area contributed by atoms with Crippen molar-refractivity contribution in [3.8, 4) is 6.07 Å². The van der Waals surface area contributed by atoms with Crippen LogP contribution < -0.4 is 0 Å². The second-order valence-electron chi connectivity index (χ2n) is 1.83. The molecule has 0 unspecified atom stereocenters. The first-order chi connectivity index (χ1) is 5.16. The van der Waals surface area contributed by atoms with Crippen molar-refractivity contribution in [1.29, 1.82) is 5.26 Å². The zero-order valence-electron chi connectivity index (χ0n) is 5.24. The molecule has 0 aliphatic carbocycles. The van der Waals surface area contributed by atoms with E-state index in [1.807, 2.05) is 6.07 Å². The summed E-state index contributed by atoms with van der Waals surface area (Å²) in [4.78, 5) is 0. The van der Waals surface area contributed by atoms with Gasteiger partial charge < -0.3 is 0 Å². The molecule has 1 rings (SSSR count). The van der Waals surface area contributed by atoms with E-state index in [0.29, 0.717) is 10.0 Å². The molecule has 0 N–H and O–H groups in total. The molecular weight excluding hydrogens is 232 g/mol. The quantitative estimate of drug-likeness (QED) is 0.633. The fourth-order valence-corrected chi connectivity index (χ4v) is 1.19. The highest BCUT2D eigenvalue weighted by atomic mass is 79.9. The number of halogens is 3. The van der Waals surface area contributed by atoms with Gasteiger partial charge in [0.15, 0.2) is 0 Å². The lowest BCUT2D eigenvalue weighted by Crippen LogP contribution is -1.82. The molecule has 0 saturated carbocycles. The standard InChI is InChI=1S/C7H2BrClFN/c8-6-4(3-11)1-2-5(10)7(6)9/h1-2H. The molecule has 0 aliphatic rings. The van der Waals surface area contributed by atoms with E-state index in [4.69, 9.17) is 16.9 Å². The van der Waals surface area contributed by atoms with Gasteiger partial charge in [-0.1, -0.05) is 11.6 Å². The van der Waals surface area contributed by atoms with Gasteiger partial charge in [0.05, 0.1) is 15.1 Å². The Bertz CT molecular complexity index is 332. The van der Waals surface area contributed by atoms with Gasteiger partial charge in [-0.2, -0.15) is 5.26 Å². The predicted octanol–water partition coefficient (Wildman–Crippen LogP) is 3.11. The summed E-state index contributed by atoms with van der Waals surface area (Å²) in [7, 11) is 0. The maximum atomic E-state index is 12.6. The first kappa shape index (κ1) is 8.51. The molecule has 0 atom stereocenters. The van der Waals surface area contributed by atoms with Crippen molar-refractivity contribution in [3.05, 3.63) is 33.0 Å². The zero-order chi connectivity index (χ0) is 8.43. The maximum absolute atomic E-state index is 12.6. The Morgan fingerprint density at radius 2 is 2.18 bits per heavy atom. The summed E-state index contributed by atoms with van der Waals surface area (Å²) >= 11 is 8.49. The Kier molecular flexibility index (Phi) is 2.48. The molecule has 1 aromatic rings. The van der Waals surface area contributed by atoms with E-state index >= 15 is 0 Å². The van der Waals surface area contributed by atoms with Crippen LogP contribution in [-0.4, -0.2) is 0 Å². The molecule has 0 heterocycles. The number of nitriles is 1. The van der Waals surface area contributed by atoms with Gasteiger partial charge in [0, 0.05) is 0 Å². The highest BCUT2D eigenvalue weighted by Gasteiger charge is 2.07. The fraction of sp³-hybridized carbons (Fsp3) is 0. The number of hydrogen-bond acceptors (Lipinski definition) is 1. The normalized spacial score (nSPS) is 9.27. The number of benzene rings is 1. The van der Waals surface area contributed by atoms with Gasteiger partial charge in [-0.15, -0.1) is 0 Å². The second-order valence-corrected chi connectivity index (χ2v) is 3.01. The van der Waals surface area contributed by atoms with Gasteiger partial charge in [-0.05, 0) is 28.1 Å². The smallest absolute Gasteiger partial charge is 0.143 e. The molecule has 0 bridgehead atoms. The minimum Gasteiger partial charge on any atom is -0.205 e. The minimum atomic E-state index is -0.530. The molecule has 11 heavy (non-hydrogen) atoms. The van der Waals surface area contributed by atoms with E-state index in [1.165, 1.54) is 6.07 Å². The van der Waals surface area contributed by atoms with Crippen molar-refractivity contribution in [3.63, 3.8) is 0 Å². The summed E-state index contributed by atoms with van der Waals surface area (Å²) < 4.78 is 12.9.